The molecule has 0 radical (unpaired) electrons. The van der Waals surface area contributed by atoms with Gasteiger partial charge in [-0.15, -0.1) is 0 Å². The van der Waals surface area contributed by atoms with E-state index in [0.717, 1.165) is 25.2 Å². The molecule has 3 aliphatic rings. The van der Waals surface area contributed by atoms with E-state index in [2.05, 4.69) is 26.2 Å². The quantitative estimate of drug-likeness (QED) is 0.180. The molecule has 4 atom stereocenters. The van der Waals surface area contributed by atoms with Crippen LogP contribution >= 0.6 is 0 Å². The molecule has 3 fully saturated rings. The van der Waals surface area contributed by atoms with Crippen molar-refractivity contribution < 1.29 is 33.4 Å². The van der Waals surface area contributed by atoms with E-state index in [4.69, 9.17) is 9.47 Å². The van der Waals surface area contributed by atoms with Gasteiger partial charge in [-0.1, -0.05) is 58.0 Å². The van der Waals surface area contributed by atoms with Gasteiger partial charge >= 0.3 is 6.03 Å². The molecule has 1 aromatic carbocycles. The van der Waals surface area contributed by atoms with Crippen LogP contribution in [0.4, 0.5) is 4.79 Å². The predicted octanol–water partition coefficient (Wildman–Crippen LogP) is 1.89. The number of rotatable bonds is 17. The molecule has 0 unspecified atom stereocenters. The van der Waals surface area contributed by atoms with Crippen LogP contribution in [-0.4, -0.2) is 122 Å². The van der Waals surface area contributed by atoms with Crippen LogP contribution in [0.5, 0.6) is 0 Å². The van der Waals surface area contributed by atoms with Crippen molar-refractivity contribution in [3.63, 3.8) is 0 Å². The van der Waals surface area contributed by atoms with Crippen LogP contribution in [0.15, 0.2) is 30.3 Å². The molecular weight excluding hydrogens is 640 g/mol. The standard InChI is InChI=1S/C37H58N6O7/c1-25(2)21-29(32(44)37(5)24-50-37)39-35(47)31(23-27-9-7-6-8-10-27)40-34(46)30(22-26(3)4)41-36(48)43-14-11-28(12-15-43)33(45)38-13-16-42-17-19-49-20-18-42/h6-10,25-26,28-31H,11-24H2,1-5H3,(H,38,45)(H,39,47)(H,40,46)(H,41,48)/t29-,30-,31-,37+/m0/s1. The SMILES string of the molecule is CC(C)C[C@H](NC(=O)N1CCC(C(=O)NCCN2CCOCC2)CC1)C(=O)N[C@@H](Cc1ccccc1)C(=O)N[C@@H](CC(C)C)C(=O)[C@@]1(C)CO1. The molecule has 0 spiro atoms. The minimum absolute atomic E-state index is 0.00853. The maximum atomic E-state index is 13.9. The first kappa shape index (κ1) is 39.2. The normalized spacial score (nSPS) is 21.6. The summed E-state index contributed by atoms with van der Waals surface area (Å²) >= 11 is 0. The van der Waals surface area contributed by atoms with Gasteiger partial charge in [0, 0.05) is 51.6 Å². The Bertz CT molecular complexity index is 1290. The average Bonchev–Trinajstić information content (AvgIpc) is 3.85. The van der Waals surface area contributed by atoms with E-state index in [0.29, 0.717) is 65.1 Å². The van der Waals surface area contributed by atoms with Crippen LogP contribution in [0.2, 0.25) is 0 Å². The number of benzene rings is 1. The van der Waals surface area contributed by atoms with E-state index in [1.165, 1.54) is 0 Å². The summed E-state index contributed by atoms with van der Waals surface area (Å²) < 4.78 is 10.8. The third-order valence-corrected chi connectivity index (χ3v) is 9.66. The number of Topliss-reactive ketones (excluding diaryl/α,β-unsaturated/α-hetero) is 1. The van der Waals surface area contributed by atoms with Crippen molar-refractivity contribution in [3.8, 4) is 0 Å². The summed E-state index contributed by atoms with van der Waals surface area (Å²) in [7, 11) is 0. The fourth-order valence-corrected chi connectivity index (χ4v) is 6.52. The van der Waals surface area contributed by atoms with Crippen molar-refractivity contribution in [2.24, 2.45) is 17.8 Å². The summed E-state index contributed by atoms with van der Waals surface area (Å²) in [5.41, 5.74) is -0.0616. The molecule has 1 aromatic rings. The van der Waals surface area contributed by atoms with Gasteiger partial charge in [0.2, 0.25) is 17.7 Å². The molecule has 3 saturated heterocycles. The van der Waals surface area contributed by atoms with Gasteiger partial charge in [0.1, 0.15) is 17.7 Å². The number of ketones is 1. The second kappa shape index (κ2) is 18.6. The third kappa shape index (κ3) is 12.1. The smallest absolute Gasteiger partial charge is 0.318 e. The Morgan fingerprint density at radius 1 is 0.820 bits per heavy atom. The number of epoxide rings is 1. The van der Waals surface area contributed by atoms with Gasteiger partial charge in [0.05, 0.1) is 25.9 Å². The summed E-state index contributed by atoms with van der Waals surface area (Å²) in [6.45, 7) is 15.3. The van der Waals surface area contributed by atoms with Crippen LogP contribution in [0, 0.1) is 17.8 Å². The number of hydrogen-bond acceptors (Lipinski definition) is 8. The molecule has 0 bridgehead atoms. The lowest BCUT2D eigenvalue weighted by Gasteiger charge is -2.33. The van der Waals surface area contributed by atoms with Gasteiger partial charge in [-0.05, 0) is 50.0 Å². The van der Waals surface area contributed by atoms with E-state index < -0.39 is 35.5 Å². The number of nitrogens with one attached hydrogen (secondary N) is 4. The van der Waals surface area contributed by atoms with E-state index in [1.54, 1.807) is 11.8 Å². The minimum Gasteiger partial charge on any atom is -0.379 e. The number of ether oxygens (including phenoxy) is 2. The van der Waals surface area contributed by atoms with Crippen molar-refractivity contribution in [2.75, 3.05) is 59.1 Å². The van der Waals surface area contributed by atoms with Crippen molar-refractivity contribution in [3.05, 3.63) is 35.9 Å². The second-order valence-electron chi connectivity index (χ2n) is 15.0. The van der Waals surface area contributed by atoms with Crippen molar-refractivity contribution in [1.29, 1.82) is 0 Å². The van der Waals surface area contributed by atoms with Crippen molar-refractivity contribution in [2.45, 2.75) is 90.4 Å². The largest absolute Gasteiger partial charge is 0.379 e. The Kier molecular flexibility index (Phi) is 14.6. The molecule has 3 aliphatic heterocycles. The van der Waals surface area contributed by atoms with Crippen LogP contribution in [0.25, 0.3) is 0 Å². The number of carbonyl (C=O) groups is 5. The average molecular weight is 699 g/mol. The highest BCUT2D eigenvalue weighted by molar-refractivity contribution is 5.98. The summed E-state index contributed by atoms with van der Waals surface area (Å²) in [5, 5.41) is 11.8. The fourth-order valence-electron chi connectivity index (χ4n) is 6.52. The van der Waals surface area contributed by atoms with Gasteiger partial charge < -0.3 is 35.6 Å². The molecule has 50 heavy (non-hydrogen) atoms. The van der Waals surface area contributed by atoms with Crippen molar-refractivity contribution >= 4 is 29.5 Å². The lowest BCUT2D eigenvalue weighted by Crippen LogP contribution is -2.58. The second-order valence-corrected chi connectivity index (χ2v) is 15.0. The molecule has 4 rings (SSSR count). The molecule has 0 aliphatic carbocycles. The van der Waals surface area contributed by atoms with E-state index in [9.17, 15) is 24.0 Å². The zero-order chi connectivity index (χ0) is 36.3. The summed E-state index contributed by atoms with van der Waals surface area (Å²) in [6, 6.07) is 6.36. The predicted molar refractivity (Wildman–Crippen MR) is 189 cm³/mol. The molecular formula is C37H58N6O7. The molecule has 5 amide bonds. The number of amides is 5. The van der Waals surface area contributed by atoms with Crippen molar-refractivity contribution in [1.82, 2.24) is 31.1 Å². The topological polar surface area (TPSA) is 162 Å². The highest BCUT2D eigenvalue weighted by Crippen LogP contribution is 2.29. The monoisotopic (exact) mass is 698 g/mol. The first-order valence-corrected chi connectivity index (χ1v) is 18.3. The number of piperidine rings is 1. The Labute approximate surface area is 296 Å². The molecule has 0 aromatic heterocycles. The number of likely N-dealkylation sites (tertiary alicyclic amines) is 1. The Balaban J connectivity index is 1.35. The molecule has 4 N–H and O–H groups in total. The zero-order valence-electron chi connectivity index (χ0n) is 30.5. The number of hydrogen-bond donors (Lipinski definition) is 4. The summed E-state index contributed by atoms with van der Waals surface area (Å²) in [4.78, 5) is 71.1. The van der Waals surface area contributed by atoms with E-state index in [1.807, 2.05) is 58.0 Å². The third-order valence-electron chi connectivity index (χ3n) is 9.66. The van der Waals surface area contributed by atoms with Gasteiger partial charge in [-0.3, -0.25) is 24.1 Å². The Hall–Kier alpha value is -3.55. The molecule has 13 nitrogen and oxygen atoms in total. The number of morpholine rings is 1. The van der Waals surface area contributed by atoms with Gasteiger partial charge in [0.25, 0.3) is 0 Å². The van der Waals surface area contributed by atoms with Gasteiger partial charge in [-0.25, -0.2) is 4.79 Å². The van der Waals surface area contributed by atoms with Crippen LogP contribution < -0.4 is 21.3 Å². The van der Waals surface area contributed by atoms with Gasteiger partial charge in [0.15, 0.2) is 5.78 Å². The minimum atomic E-state index is -0.982. The van der Waals surface area contributed by atoms with Gasteiger partial charge in [-0.2, -0.15) is 0 Å². The summed E-state index contributed by atoms with van der Waals surface area (Å²) in [5.74, 6) is -1.06. The zero-order valence-corrected chi connectivity index (χ0v) is 30.5. The maximum Gasteiger partial charge on any atom is 0.318 e. The first-order chi connectivity index (χ1) is 23.8. The van der Waals surface area contributed by atoms with Crippen LogP contribution in [0.1, 0.15) is 65.9 Å². The molecule has 13 heteroatoms. The molecule has 3 heterocycles. The highest BCUT2D eigenvalue weighted by Gasteiger charge is 2.50. The van der Waals surface area contributed by atoms with E-state index >= 15 is 0 Å². The lowest BCUT2D eigenvalue weighted by atomic mass is 9.93. The lowest BCUT2D eigenvalue weighted by molar-refractivity contribution is -0.133. The number of urea groups is 1. The van der Waals surface area contributed by atoms with E-state index in [-0.39, 0.29) is 41.9 Å². The first-order valence-electron chi connectivity index (χ1n) is 18.3. The Morgan fingerprint density at radius 2 is 1.40 bits per heavy atom. The van der Waals surface area contributed by atoms with Crippen LogP contribution in [0.3, 0.4) is 0 Å². The Morgan fingerprint density at radius 3 is 2.00 bits per heavy atom. The van der Waals surface area contributed by atoms with Crippen LogP contribution in [-0.2, 0) is 35.1 Å². The maximum absolute atomic E-state index is 13.9. The number of nitrogens with zero attached hydrogens (tertiary/aromatic N) is 2. The molecule has 0 saturated carbocycles. The summed E-state index contributed by atoms with van der Waals surface area (Å²) in [6.07, 6.45) is 2.09. The molecule has 278 valence electrons. The number of carbonyl (C=O) groups excluding carboxylic acids is 5. The highest BCUT2D eigenvalue weighted by atomic mass is 16.6. The fraction of sp³-hybridized carbons (Fsp3) is 0.703.